The van der Waals surface area contributed by atoms with Crippen molar-refractivity contribution in [1.29, 1.82) is 0 Å². The number of methoxy groups -OCH3 is 1. The first-order chi connectivity index (χ1) is 13.5. The van der Waals surface area contributed by atoms with Gasteiger partial charge >= 0.3 is 6.03 Å². The molecule has 1 aromatic carbocycles. The van der Waals surface area contributed by atoms with Crippen LogP contribution in [0, 0.1) is 0 Å². The normalized spacial score (nSPS) is 19.1. The van der Waals surface area contributed by atoms with E-state index in [2.05, 4.69) is 15.8 Å². The number of ether oxygens (including phenoxy) is 1. The zero-order valence-corrected chi connectivity index (χ0v) is 15.5. The summed E-state index contributed by atoms with van der Waals surface area (Å²) in [6, 6.07) is 6.32. The van der Waals surface area contributed by atoms with Crippen LogP contribution in [0.1, 0.15) is 24.8 Å². The van der Waals surface area contributed by atoms with Crippen molar-refractivity contribution in [3.63, 3.8) is 0 Å². The number of aromatic hydroxyl groups is 1. The average Bonchev–Trinajstić information content (AvgIpc) is 3.34. The number of aryl methyl sites for hydroxylation is 1. The fourth-order valence-electron chi connectivity index (χ4n) is 3.47. The molecule has 1 saturated heterocycles. The number of nitrogens with zero attached hydrogens (tertiary/aromatic N) is 2. The lowest BCUT2D eigenvalue weighted by Crippen LogP contribution is -2.47. The van der Waals surface area contributed by atoms with E-state index in [1.807, 2.05) is 6.92 Å². The Hall–Kier alpha value is -3.49. The number of urea groups is 1. The molecule has 3 heterocycles. The van der Waals surface area contributed by atoms with Crippen LogP contribution in [0.3, 0.4) is 0 Å². The fraction of sp³-hybridized carbons (Fsp3) is 0.316. The van der Waals surface area contributed by atoms with Crippen LogP contribution in [-0.2, 0) is 23.3 Å². The summed E-state index contributed by atoms with van der Waals surface area (Å²) in [5, 5.41) is 20.9. The van der Waals surface area contributed by atoms with E-state index in [4.69, 9.17) is 9.26 Å². The van der Waals surface area contributed by atoms with Gasteiger partial charge in [0, 0.05) is 23.0 Å². The summed E-state index contributed by atoms with van der Waals surface area (Å²) in [4.78, 5) is 24.6. The van der Waals surface area contributed by atoms with Crippen molar-refractivity contribution in [1.82, 2.24) is 20.4 Å². The van der Waals surface area contributed by atoms with Gasteiger partial charge in [-0.05, 0) is 24.6 Å². The molecular formula is C19H20N4O5. The number of rotatable bonds is 6. The van der Waals surface area contributed by atoms with Crippen molar-refractivity contribution in [2.45, 2.75) is 31.8 Å². The third-order valence-corrected chi connectivity index (χ3v) is 4.90. The summed E-state index contributed by atoms with van der Waals surface area (Å²) in [7, 11) is 1.54. The molecule has 3 amide bonds. The SMILES string of the molecule is CCCc1cc([C@]2(Cn3cc4ccc(OC)cc4c3O)NC(=O)NC2=O)on1. The highest BCUT2D eigenvalue weighted by Gasteiger charge is 2.51. The van der Waals surface area contributed by atoms with Crippen molar-refractivity contribution >= 4 is 22.7 Å². The zero-order valence-electron chi connectivity index (χ0n) is 15.5. The number of benzene rings is 1. The Labute approximate surface area is 160 Å². The Bertz CT molecular complexity index is 1070. The second kappa shape index (κ2) is 6.59. The van der Waals surface area contributed by atoms with E-state index in [9.17, 15) is 14.7 Å². The first kappa shape index (κ1) is 17.9. The maximum Gasteiger partial charge on any atom is 0.322 e. The summed E-state index contributed by atoms with van der Waals surface area (Å²) in [5.41, 5.74) is -0.815. The smallest absolute Gasteiger partial charge is 0.322 e. The minimum atomic E-state index is -1.51. The summed E-state index contributed by atoms with van der Waals surface area (Å²) < 4.78 is 12.1. The number of fused-ring (bicyclic) bond motifs is 1. The second-order valence-electron chi connectivity index (χ2n) is 6.78. The number of carbonyl (C=O) groups excluding carboxylic acids is 2. The molecule has 9 heteroatoms. The van der Waals surface area contributed by atoms with Crippen LogP contribution in [0.25, 0.3) is 10.8 Å². The van der Waals surface area contributed by atoms with E-state index in [1.165, 1.54) is 4.57 Å². The number of hydrogen-bond donors (Lipinski definition) is 3. The monoisotopic (exact) mass is 384 g/mol. The van der Waals surface area contributed by atoms with Crippen LogP contribution in [-0.4, -0.2) is 33.9 Å². The third-order valence-electron chi connectivity index (χ3n) is 4.90. The standard InChI is InChI=1S/C19H20N4O5/c1-3-4-12-7-15(28-22-12)19(17(25)20-18(26)21-19)10-23-9-11-5-6-13(27-2)8-14(11)16(23)24/h5-9,24H,3-4,10H2,1-2H3,(H2,20,21,25,26)/t19-/m0/s1. The maximum atomic E-state index is 12.7. The molecule has 1 atom stereocenters. The molecule has 0 aliphatic carbocycles. The van der Waals surface area contributed by atoms with Gasteiger partial charge in [-0.3, -0.25) is 10.1 Å². The van der Waals surface area contributed by atoms with Crippen LogP contribution in [0.15, 0.2) is 35.0 Å². The molecule has 4 rings (SSSR count). The number of carbonyl (C=O) groups is 2. The zero-order chi connectivity index (χ0) is 19.9. The van der Waals surface area contributed by atoms with Crippen LogP contribution >= 0.6 is 0 Å². The molecule has 146 valence electrons. The van der Waals surface area contributed by atoms with Gasteiger partial charge in [0.05, 0.1) is 19.3 Å². The van der Waals surface area contributed by atoms with E-state index in [0.717, 1.165) is 11.8 Å². The van der Waals surface area contributed by atoms with Crippen LogP contribution in [0.2, 0.25) is 0 Å². The van der Waals surface area contributed by atoms with Crippen molar-refractivity contribution in [3.05, 3.63) is 41.9 Å². The first-order valence-corrected chi connectivity index (χ1v) is 8.92. The Morgan fingerprint density at radius 3 is 2.82 bits per heavy atom. The van der Waals surface area contributed by atoms with Crippen LogP contribution in [0.5, 0.6) is 11.6 Å². The van der Waals surface area contributed by atoms with Crippen molar-refractivity contribution in [2.75, 3.05) is 7.11 Å². The lowest BCUT2D eigenvalue weighted by atomic mass is 9.95. The maximum absolute atomic E-state index is 12.7. The summed E-state index contributed by atoms with van der Waals surface area (Å²) >= 11 is 0. The van der Waals surface area contributed by atoms with E-state index in [-0.39, 0.29) is 18.2 Å². The van der Waals surface area contributed by atoms with Crippen molar-refractivity contribution < 1.29 is 24.0 Å². The molecule has 0 saturated carbocycles. The highest BCUT2D eigenvalue weighted by Crippen LogP contribution is 2.35. The molecule has 3 aromatic rings. The minimum Gasteiger partial charge on any atom is -0.497 e. The van der Waals surface area contributed by atoms with Gasteiger partial charge < -0.3 is 24.3 Å². The average molecular weight is 384 g/mol. The van der Waals surface area contributed by atoms with Gasteiger partial charge in [0.1, 0.15) is 5.75 Å². The molecule has 9 nitrogen and oxygen atoms in total. The second-order valence-corrected chi connectivity index (χ2v) is 6.78. The van der Waals surface area contributed by atoms with Gasteiger partial charge in [-0.15, -0.1) is 0 Å². The minimum absolute atomic E-state index is 0.0458. The molecule has 28 heavy (non-hydrogen) atoms. The topological polar surface area (TPSA) is 119 Å². The van der Waals surface area contributed by atoms with Gasteiger partial charge in [-0.2, -0.15) is 0 Å². The quantitative estimate of drug-likeness (QED) is 0.560. The van der Waals surface area contributed by atoms with Crippen LogP contribution < -0.4 is 15.4 Å². The number of nitrogens with one attached hydrogen (secondary N) is 2. The molecule has 1 aliphatic heterocycles. The molecule has 3 N–H and O–H groups in total. The highest BCUT2D eigenvalue weighted by atomic mass is 16.5. The number of imide groups is 1. The molecular weight excluding hydrogens is 364 g/mol. The lowest BCUT2D eigenvalue weighted by Gasteiger charge is -2.23. The summed E-state index contributed by atoms with van der Waals surface area (Å²) in [5.74, 6) is 0.206. The predicted molar refractivity (Wildman–Crippen MR) is 99.0 cm³/mol. The van der Waals surface area contributed by atoms with Gasteiger partial charge in [0.2, 0.25) is 0 Å². The van der Waals surface area contributed by atoms with Gasteiger partial charge in [0.15, 0.2) is 17.2 Å². The fourth-order valence-corrected chi connectivity index (χ4v) is 3.47. The van der Waals surface area contributed by atoms with Gasteiger partial charge in [-0.25, -0.2) is 4.79 Å². The van der Waals surface area contributed by atoms with Crippen molar-refractivity contribution in [3.8, 4) is 11.6 Å². The largest absolute Gasteiger partial charge is 0.497 e. The molecule has 0 radical (unpaired) electrons. The molecule has 1 fully saturated rings. The first-order valence-electron chi connectivity index (χ1n) is 8.92. The van der Waals surface area contributed by atoms with Crippen LogP contribution in [0.4, 0.5) is 4.79 Å². The molecule has 2 aromatic heterocycles. The number of amides is 3. The third kappa shape index (κ3) is 2.75. The summed E-state index contributed by atoms with van der Waals surface area (Å²) in [6.07, 6.45) is 3.25. The molecule has 0 unspecified atom stereocenters. The lowest BCUT2D eigenvalue weighted by molar-refractivity contribution is -0.125. The number of aromatic nitrogens is 2. The predicted octanol–water partition coefficient (Wildman–Crippen LogP) is 2.03. The Kier molecular flexibility index (Phi) is 4.21. The Morgan fingerprint density at radius 2 is 2.14 bits per heavy atom. The molecule has 0 bridgehead atoms. The van der Waals surface area contributed by atoms with Gasteiger partial charge in [0.25, 0.3) is 5.91 Å². The number of hydrogen-bond acceptors (Lipinski definition) is 6. The highest BCUT2D eigenvalue weighted by molar-refractivity contribution is 6.07. The van der Waals surface area contributed by atoms with Gasteiger partial charge in [-0.1, -0.05) is 18.5 Å². The van der Waals surface area contributed by atoms with E-state index in [1.54, 1.807) is 37.6 Å². The van der Waals surface area contributed by atoms with E-state index >= 15 is 0 Å². The van der Waals surface area contributed by atoms with Crippen molar-refractivity contribution in [2.24, 2.45) is 0 Å². The van der Waals surface area contributed by atoms with E-state index in [0.29, 0.717) is 23.3 Å². The Morgan fingerprint density at radius 1 is 1.32 bits per heavy atom. The molecule has 0 spiro atoms. The van der Waals surface area contributed by atoms with E-state index < -0.39 is 17.5 Å². The molecule has 1 aliphatic rings. The summed E-state index contributed by atoms with van der Waals surface area (Å²) in [6.45, 7) is 1.94. The Balaban J connectivity index is 1.78.